The van der Waals surface area contributed by atoms with Crippen LogP contribution in [0.1, 0.15) is 30.5 Å². The average Bonchev–Trinajstić information content (AvgIpc) is 2.74. The normalized spacial score (nSPS) is 15.6. The van der Waals surface area contributed by atoms with Crippen LogP contribution in [0.25, 0.3) is 16.8 Å². The lowest BCUT2D eigenvalue weighted by Gasteiger charge is -2.30. The molecule has 0 atom stereocenters. The lowest BCUT2D eigenvalue weighted by molar-refractivity contribution is -0.122. The molecular formula is C26H24N2O3S. The molecule has 3 aromatic carbocycles. The number of nitrogens with one attached hydrogen (secondary N) is 1. The molecule has 1 heterocycles. The van der Waals surface area contributed by atoms with E-state index in [1.165, 1.54) is 4.90 Å². The zero-order valence-corrected chi connectivity index (χ0v) is 19.2. The maximum atomic E-state index is 13.6. The van der Waals surface area contributed by atoms with Crippen LogP contribution in [0.2, 0.25) is 0 Å². The Morgan fingerprint density at radius 1 is 1.03 bits per heavy atom. The Labute approximate surface area is 192 Å². The van der Waals surface area contributed by atoms with Crippen LogP contribution in [0.5, 0.6) is 5.75 Å². The molecule has 1 saturated heterocycles. The van der Waals surface area contributed by atoms with Crippen LogP contribution in [0.15, 0.2) is 60.2 Å². The maximum absolute atomic E-state index is 13.6. The molecule has 1 N–H and O–H groups in total. The van der Waals surface area contributed by atoms with E-state index in [1.54, 1.807) is 6.08 Å². The molecule has 2 amide bonds. The van der Waals surface area contributed by atoms with Gasteiger partial charge in [-0.1, -0.05) is 42.5 Å². The smallest absolute Gasteiger partial charge is 0.270 e. The molecule has 1 aliphatic rings. The predicted octanol–water partition coefficient (Wildman–Crippen LogP) is 5.08. The van der Waals surface area contributed by atoms with Crippen LogP contribution in [-0.2, 0) is 9.59 Å². The summed E-state index contributed by atoms with van der Waals surface area (Å²) in [5.41, 5.74) is 3.22. The van der Waals surface area contributed by atoms with Gasteiger partial charge in [0.2, 0.25) is 0 Å². The molecule has 0 spiro atoms. The first kappa shape index (κ1) is 21.7. The van der Waals surface area contributed by atoms with Crippen molar-refractivity contribution in [2.45, 2.75) is 33.8 Å². The van der Waals surface area contributed by atoms with Crippen molar-refractivity contribution >= 4 is 51.7 Å². The van der Waals surface area contributed by atoms with Crippen molar-refractivity contribution in [2.75, 3.05) is 4.90 Å². The Morgan fingerprint density at radius 2 is 1.78 bits per heavy atom. The van der Waals surface area contributed by atoms with Gasteiger partial charge in [0, 0.05) is 5.56 Å². The molecule has 162 valence electrons. The number of benzene rings is 3. The zero-order valence-electron chi connectivity index (χ0n) is 18.4. The van der Waals surface area contributed by atoms with E-state index in [0.717, 1.165) is 21.9 Å². The third-order valence-corrected chi connectivity index (χ3v) is 5.57. The molecule has 3 aromatic rings. The first-order valence-electron chi connectivity index (χ1n) is 10.4. The lowest BCUT2D eigenvalue weighted by atomic mass is 9.99. The van der Waals surface area contributed by atoms with Crippen molar-refractivity contribution in [3.05, 3.63) is 76.9 Å². The maximum Gasteiger partial charge on any atom is 0.270 e. The van der Waals surface area contributed by atoms with Crippen LogP contribution in [0.3, 0.4) is 0 Å². The number of aryl methyl sites for hydroxylation is 2. The number of ether oxygens (including phenoxy) is 1. The zero-order chi connectivity index (χ0) is 23.0. The molecule has 0 aliphatic carbocycles. The van der Waals surface area contributed by atoms with Crippen molar-refractivity contribution in [2.24, 2.45) is 0 Å². The summed E-state index contributed by atoms with van der Waals surface area (Å²) in [4.78, 5) is 27.8. The lowest BCUT2D eigenvalue weighted by Crippen LogP contribution is -2.54. The molecule has 0 radical (unpaired) electrons. The highest BCUT2D eigenvalue weighted by Gasteiger charge is 2.35. The van der Waals surface area contributed by atoms with Crippen LogP contribution in [0, 0.1) is 13.8 Å². The molecule has 0 unspecified atom stereocenters. The number of hydrogen-bond acceptors (Lipinski definition) is 4. The number of hydrogen-bond donors (Lipinski definition) is 1. The SMILES string of the molecule is Cc1ccc(C)c(N2C(=O)/C(=C/c3c(OC(C)C)ccc4ccccc34)C(=O)NC2=S)c1. The standard InChI is InChI=1S/C26H24N2O3S/c1-15(2)31-23-12-11-18-7-5-6-8-19(18)20(23)14-21-24(29)27-26(32)28(25(21)30)22-13-16(3)9-10-17(22)4/h5-15H,1-4H3,(H,27,29,32)/b21-14+. The van der Waals surface area contributed by atoms with Gasteiger partial charge in [0.15, 0.2) is 5.11 Å². The topological polar surface area (TPSA) is 58.6 Å². The van der Waals surface area contributed by atoms with E-state index in [4.69, 9.17) is 17.0 Å². The minimum Gasteiger partial charge on any atom is -0.490 e. The Hall–Kier alpha value is -3.51. The number of thiocarbonyl (C=S) groups is 1. The highest BCUT2D eigenvalue weighted by molar-refractivity contribution is 7.80. The number of fused-ring (bicyclic) bond motifs is 1. The van der Waals surface area contributed by atoms with Gasteiger partial charge in [-0.05, 0) is 80.0 Å². The molecule has 0 bridgehead atoms. The summed E-state index contributed by atoms with van der Waals surface area (Å²) in [6.45, 7) is 7.72. The number of anilines is 1. The van der Waals surface area contributed by atoms with Crippen molar-refractivity contribution in [1.29, 1.82) is 0 Å². The average molecular weight is 445 g/mol. The summed E-state index contributed by atoms with van der Waals surface area (Å²) in [5, 5.41) is 4.62. The quantitative estimate of drug-likeness (QED) is 0.347. The third-order valence-electron chi connectivity index (χ3n) is 5.29. The summed E-state index contributed by atoms with van der Waals surface area (Å²) in [7, 11) is 0. The van der Waals surface area contributed by atoms with Crippen molar-refractivity contribution in [3.8, 4) is 5.75 Å². The van der Waals surface area contributed by atoms with Gasteiger partial charge < -0.3 is 4.74 Å². The predicted molar refractivity (Wildman–Crippen MR) is 132 cm³/mol. The fourth-order valence-electron chi connectivity index (χ4n) is 3.76. The molecule has 6 heteroatoms. The summed E-state index contributed by atoms with van der Waals surface area (Å²) >= 11 is 5.36. The van der Waals surface area contributed by atoms with Gasteiger partial charge in [-0.15, -0.1) is 0 Å². The van der Waals surface area contributed by atoms with E-state index < -0.39 is 11.8 Å². The summed E-state index contributed by atoms with van der Waals surface area (Å²) < 4.78 is 6.01. The Balaban J connectivity index is 1.89. The van der Waals surface area contributed by atoms with Gasteiger partial charge in [-0.2, -0.15) is 0 Å². The Bertz CT molecular complexity index is 1290. The molecule has 5 nitrogen and oxygen atoms in total. The van der Waals surface area contributed by atoms with Gasteiger partial charge in [0.1, 0.15) is 11.3 Å². The number of rotatable bonds is 4. The second kappa shape index (κ2) is 8.55. The van der Waals surface area contributed by atoms with Gasteiger partial charge >= 0.3 is 0 Å². The van der Waals surface area contributed by atoms with Gasteiger partial charge in [0.05, 0.1) is 11.8 Å². The largest absolute Gasteiger partial charge is 0.490 e. The van der Waals surface area contributed by atoms with E-state index in [1.807, 2.05) is 82.3 Å². The van der Waals surface area contributed by atoms with Gasteiger partial charge in [-0.25, -0.2) is 0 Å². The van der Waals surface area contributed by atoms with Crippen LogP contribution >= 0.6 is 12.2 Å². The molecule has 1 aliphatic heterocycles. The van der Waals surface area contributed by atoms with E-state index in [-0.39, 0.29) is 16.8 Å². The summed E-state index contributed by atoms with van der Waals surface area (Å²) in [5.74, 6) is -0.376. The number of nitrogens with zero attached hydrogens (tertiary/aromatic N) is 1. The van der Waals surface area contributed by atoms with Crippen LogP contribution < -0.4 is 15.0 Å². The Kier molecular flexibility index (Phi) is 5.80. The molecule has 32 heavy (non-hydrogen) atoms. The van der Waals surface area contributed by atoms with Gasteiger partial charge in [0.25, 0.3) is 11.8 Å². The highest BCUT2D eigenvalue weighted by Crippen LogP contribution is 2.33. The molecule has 4 rings (SSSR count). The fraction of sp³-hybridized carbons (Fsp3) is 0.192. The van der Waals surface area contributed by atoms with Crippen molar-refractivity contribution in [1.82, 2.24) is 5.32 Å². The van der Waals surface area contributed by atoms with Crippen molar-refractivity contribution in [3.63, 3.8) is 0 Å². The molecule has 1 fully saturated rings. The number of carbonyl (C=O) groups is 2. The number of amides is 2. The van der Waals surface area contributed by atoms with Crippen LogP contribution in [-0.4, -0.2) is 23.0 Å². The van der Waals surface area contributed by atoms with Crippen molar-refractivity contribution < 1.29 is 14.3 Å². The summed E-state index contributed by atoms with van der Waals surface area (Å²) in [6, 6.07) is 17.4. The fourth-order valence-corrected chi connectivity index (χ4v) is 4.04. The molecular weight excluding hydrogens is 420 g/mol. The molecule has 0 saturated carbocycles. The second-order valence-corrected chi connectivity index (χ2v) is 8.50. The Morgan fingerprint density at radius 3 is 2.53 bits per heavy atom. The molecule has 0 aromatic heterocycles. The van der Waals surface area contributed by atoms with Gasteiger partial charge in [-0.3, -0.25) is 19.8 Å². The second-order valence-electron chi connectivity index (χ2n) is 8.11. The minimum atomic E-state index is -0.523. The van der Waals surface area contributed by atoms with E-state index >= 15 is 0 Å². The third kappa shape index (κ3) is 4.01. The van der Waals surface area contributed by atoms with E-state index in [0.29, 0.717) is 17.0 Å². The first-order valence-corrected chi connectivity index (χ1v) is 10.8. The highest BCUT2D eigenvalue weighted by atomic mass is 32.1. The first-order chi connectivity index (χ1) is 15.3. The summed E-state index contributed by atoms with van der Waals surface area (Å²) in [6.07, 6.45) is 1.54. The van der Waals surface area contributed by atoms with Crippen LogP contribution in [0.4, 0.5) is 5.69 Å². The van der Waals surface area contributed by atoms with E-state index in [9.17, 15) is 9.59 Å². The number of carbonyl (C=O) groups excluding carboxylic acids is 2. The monoisotopic (exact) mass is 444 g/mol. The minimum absolute atomic E-state index is 0.00413. The van der Waals surface area contributed by atoms with E-state index in [2.05, 4.69) is 5.32 Å².